The molecule has 2 N–H and O–H groups in total. The van der Waals surface area contributed by atoms with Gasteiger partial charge in [-0.05, 0) is 12.8 Å². The van der Waals surface area contributed by atoms with E-state index in [2.05, 4.69) is 14.9 Å². The molecule has 8 nitrogen and oxygen atoms in total. The fraction of sp³-hybridized carbons (Fsp3) is 0.615. The molecule has 3 heterocycles. The average molecular weight is 293 g/mol. The van der Waals surface area contributed by atoms with Gasteiger partial charge in [0, 0.05) is 19.7 Å². The molecule has 1 atom stereocenters. The minimum absolute atomic E-state index is 0.171. The van der Waals surface area contributed by atoms with Crippen molar-refractivity contribution in [2.75, 3.05) is 44.4 Å². The lowest BCUT2D eigenvalue weighted by atomic mass is 9.93. The molecule has 2 saturated heterocycles. The van der Waals surface area contributed by atoms with Crippen molar-refractivity contribution in [2.45, 2.75) is 18.4 Å². The normalized spacial score (nSPS) is 25.3. The van der Waals surface area contributed by atoms with Gasteiger partial charge in [0.2, 0.25) is 11.8 Å². The van der Waals surface area contributed by atoms with Crippen LogP contribution in [-0.4, -0.2) is 60.4 Å². The number of rotatable bonds is 2. The number of nitrogen functional groups attached to an aromatic ring is 1. The molecule has 0 saturated carbocycles. The summed E-state index contributed by atoms with van der Waals surface area (Å²) in [6, 6.07) is 1.75. The van der Waals surface area contributed by atoms with E-state index in [1.807, 2.05) is 0 Å². The average Bonchev–Trinajstić information content (AvgIpc) is 2.72. The van der Waals surface area contributed by atoms with Gasteiger partial charge in [-0.25, -0.2) is 4.79 Å². The van der Waals surface area contributed by atoms with Gasteiger partial charge in [-0.15, -0.1) is 0 Å². The van der Waals surface area contributed by atoms with E-state index in [1.54, 1.807) is 18.0 Å². The number of aromatic nitrogens is 2. The van der Waals surface area contributed by atoms with Gasteiger partial charge < -0.3 is 25.0 Å². The van der Waals surface area contributed by atoms with E-state index in [1.165, 1.54) is 7.11 Å². The minimum atomic E-state index is -0.461. The van der Waals surface area contributed by atoms with Gasteiger partial charge in [0.15, 0.2) is 0 Å². The van der Waals surface area contributed by atoms with Crippen molar-refractivity contribution in [2.24, 2.45) is 0 Å². The summed E-state index contributed by atoms with van der Waals surface area (Å²) < 4.78 is 10.7. The molecule has 1 aromatic heterocycles. The number of nitrogens with zero attached hydrogens (tertiary/aromatic N) is 4. The number of hydrogen-bond acceptors (Lipinski definition) is 7. The maximum atomic E-state index is 11.7. The first kappa shape index (κ1) is 13.7. The summed E-state index contributed by atoms with van der Waals surface area (Å²) in [5, 5.41) is 0. The van der Waals surface area contributed by atoms with E-state index >= 15 is 0 Å². The van der Waals surface area contributed by atoms with Crippen LogP contribution in [0.1, 0.15) is 12.8 Å². The molecule has 0 bridgehead atoms. The third-order valence-corrected chi connectivity index (χ3v) is 3.92. The molecule has 2 fully saturated rings. The van der Waals surface area contributed by atoms with Crippen molar-refractivity contribution >= 4 is 17.9 Å². The molecular weight excluding hydrogens is 274 g/mol. The van der Waals surface area contributed by atoms with Crippen molar-refractivity contribution in [1.29, 1.82) is 0 Å². The second kappa shape index (κ2) is 4.94. The van der Waals surface area contributed by atoms with Crippen LogP contribution >= 0.6 is 0 Å². The minimum Gasteiger partial charge on any atom is -0.481 e. The highest BCUT2D eigenvalue weighted by atomic mass is 16.6. The number of ether oxygens (including phenoxy) is 2. The summed E-state index contributed by atoms with van der Waals surface area (Å²) in [5.74, 6) is 1.30. The van der Waals surface area contributed by atoms with Gasteiger partial charge in [-0.2, -0.15) is 9.97 Å². The van der Waals surface area contributed by atoms with Crippen LogP contribution in [0, 0.1) is 0 Å². The molecule has 1 spiro atoms. The highest BCUT2D eigenvalue weighted by Gasteiger charge is 2.46. The number of anilines is 2. The Hall–Kier alpha value is -2.25. The molecule has 0 radical (unpaired) electrons. The van der Waals surface area contributed by atoms with Crippen molar-refractivity contribution < 1.29 is 14.3 Å². The first-order valence-electron chi connectivity index (χ1n) is 6.89. The molecule has 0 aliphatic carbocycles. The summed E-state index contributed by atoms with van der Waals surface area (Å²) in [5.41, 5.74) is 5.25. The number of likely N-dealkylation sites (N-methyl/N-ethyl adjacent to an activating group) is 1. The van der Waals surface area contributed by atoms with Crippen LogP contribution in [-0.2, 0) is 4.74 Å². The second-order valence-electron chi connectivity index (χ2n) is 5.56. The molecule has 114 valence electrons. The third kappa shape index (κ3) is 2.53. The van der Waals surface area contributed by atoms with Crippen LogP contribution in [0.3, 0.4) is 0 Å². The van der Waals surface area contributed by atoms with Gasteiger partial charge >= 0.3 is 6.09 Å². The maximum absolute atomic E-state index is 11.7. The molecule has 2 aliphatic heterocycles. The molecule has 1 aromatic rings. The zero-order chi connectivity index (χ0) is 15.0. The Bertz CT molecular complexity index is 567. The van der Waals surface area contributed by atoms with E-state index in [-0.39, 0.29) is 12.0 Å². The molecule has 21 heavy (non-hydrogen) atoms. The fourth-order valence-electron chi connectivity index (χ4n) is 2.99. The van der Waals surface area contributed by atoms with Crippen LogP contribution in [0.2, 0.25) is 0 Å². The predicted molar refractivity (Wildman–Crippen MR) is 76.3 cm³/mol. The summed E-state index contributed by atoms with van der Waals surface area (Å²) in [6.07, 6.45) is 1.52. The molecule has 0 aromatic carbocycles. The number of amides is 1. The molecule has 1 unspecified atom stereocenters. The molecule has 2 aliphatic rings. The van der Waals surface area contributed by atoms with Gasteiger partial charge in [0.05, 0.1) is 20.2 Å². The molecular formula is C13H19N5O3. The number of carbonyl (C=O) groups is 1. The van der Waals surface area contributed by atoms with Gasteiger partial charge in [-0.3, -0.25) is 0 Å². The van der Waals surface area contributed by atoms with Crippen molar-refractivity contribution in [3.05, 3.63) is 6.07 Å². The first-order chi connectivity index (χ1) is 10.0. The Balaban J connectivity index is 1.83. The van der Waals surface area contributed by atoms with Crippen LogP contribution in [0.25, 0.3) is 0 Å². The summed E-state index contributed by atoms with van der Waals surface area (Å²) in [4.78, 5) is 23.6. The maximum Gasteiger partial charge on any atom is 0.410 e. The van der Waals surface area contributed by atoms with Crippen LogP contribution < -0.4 is 15.4 Å². The monoisotopic (exact) mass is 293 g/mol. The fourth-order valence-corrected chi connectivity index (χ4v) is 2.99. The lowest BCUT2D eigenvalue weighted by molar-refractivity contribution is 0.0445. The smallest absolute Gasteiger partial charge is 0.410 e. The largest absolute Gasteiger partial charge is 0.481 e. The van der Waals surface area contributed by atoms with Crippen molar-refractivity contribution in [3.63, 3.8) is 0 Å². The highest BCUT2D eigenvalue weighted by molar-refractivity contribution is 5.70. The van der Waals surface area contributed by atoms with E-state index in [0.29, 0.717) is 24.8 Å². The van der Waals surface area contributed by atoms with E-state index in [9.17, 15) is 4.79 Å². The van der Waals surface area contributed by atoms with Crippen molar-refractivity contribution in [1.82, 2.24) is 14.9 Å². The first-order valence-corrected chi connectivity index (χ1v) is 6.89. The van der Waals surface area contributed by atoms with E-state index < -0.39 is 5.60 Å². The molecule has 1 amide bonds. The Morgan fingerprint density at radius 2 is 2.24 bits per heavy atom. The van der Waals surface area contributed by atoms with Crippen LogP contribution in [0.4, 0.5) is 16.6 Å². The molecule has 3 rings (SSSR count). The lowest BCUT2D eigenvalue weighted by Crippen LogP contribution is -2.50. The van der Waals surface area contributed by atoms with Crippen LogP contribution in [0.15, 0.2) is 6.07 Å². The summed E-state index contributed by atoms with van der Waals surface area (Å²) >= 11 is 0. The lowest BCUT2D eigenvalue weighted by Gasteiger charge is -2.38. The quantitative estimate of drug-likeness (QED) is 0.848. The van der Waals surface area contributed by atoms with Gasteiger partial charge in [0.1, 0.15) is 11.4 Å². The number of carbonyl (C=O) groups excluding carboxylic acids is 1. The SMILES string of the molecule is COc1cc(N2CCCC3(CN(C)C(=O)O3)C2)nc(N)n1. The highest BCUT2D eigenvalue weighted by Crippen LogP contribution is 2.33. The Kier molecular flexibility index (Phi) is 3.23. The van der Waals surface area contributed by atoms with Gasteiger partial charge in [-0.1, -0.05) is 0 Å². The molecule has 8 heteroatoms. The zero-order valence-corrected chi connectivity index (χ0v) is 12.2. The van der Waals surface area contributed by atoms with E-state index in [4.69, 9.17) is 15.2 Å². The number of methoxy groups -OCH3 is 1. The number of nitrogens with two attached hydrogens (primary N) is 1. The summed E-state index contributed by atoms with van der Waals surface area (Å²) in [6.45, 7) is 2.03. The third-order valence-electron chi connectivity index (χ3n) is 3.92. The van der Waals surface area contributed by atoms with E-state index in [0.717, 1.165) is 19.4 Å². The predicted octanol–water partition coefficient (Wildman–Crippen LogP) is 0.488. The number of hydrogen-bond donors (Lipinski definition) is 1. The van der Waals surface area contributed by atoms with Crippen molar-refractivity contribution in [3.8, 4) is 5.88 Å². The standard InChI is InChI=1S/C13H19N5O3/c1-17-7-13(21-12(17)19)4-3-5-18(8-13)9-6-10(20-2)16-11(14)15-9/h6H,3-5,7-8H2,1-2H3,(H2,14,15,16). The van der Waals surface area contributed by atoms with Gasteiger partial charge in [0.25, 0.3) is 0 Å². The zero-order valence-electron chi connectivity index (χ0n) is 12.2. The second-order valence-corrected chi connectivity index (χ2v) is 5.56. The number of piperidine rings is 1. The summed E-state index contributed by atoms with van der Waals surface area (Å²) in [7, 11) is 3.29. The van der Waals surface area contributed by atoms with Crippen LogP contribution in [0.5, 0.6) is 5.88 Å². The Labute approximate surface area is 122 Å². The Morgan fingerprint density at radius 1 is 1.43 bits per heavy atom. The topological polar surface area (TPSA) is 93.8 Å². The Morgan fingerprint density at radius 3 is 2.90 bits per heavy atom.